The van der Waals surface area contributed by atoms with Gasteiger partial charge in [0.2, 0.25) is 0 Å². The average Bonchev–Trinajstić information content (AvgIpc) is 0.722. The second-order valence-electron chi connectivity index (χ2n) is 0.448. The van der Waals surface area contributed by atoms with Gasteiger partial charge in [-0.05, 0) is 11.7 Å². The van der Waals surface area contributed by atoms with Crippen molar-refractivity contribution in [2.24, 2.45) is 0 Å². The van der Waals surface area contributed by atoms with Crippen LogP contribution in [0.1, 0.15) is 0 Å². The van der Waals surface area contributed by atoms with E-state index in [9.17, 15) is 0 Å². The molecule has 0 saturated heterocycles. The van der Waals surface area contributed by atoms with Gasteiger partial charge < -0.3 is 0 Å². The first-order chi connectivity index (χ1) is 2.00. The molecule has 0 bridgehead atoms. The van der Waals surface area contributed by atoms with Crippen LogP contribution in [-0.4, -0.2) is 13.0 Å². The summed E-state index contributed by atoms with van der Waals surface area (Å²) in [6, 6.07) is 0. The predicted octanol–water partition coefficient (Wildman–Crippen LogP) is -0.283. The molecule has 0 aromatic heterocycles. The summed E-state index contributed by atoms with van der Waals surface area (Å²) in [5.41, 5.74) is 0. The zero-order valence-electron chi connectivity index (χ0n) is 2.44. The van der Waals surface area contributed by atoms with E-state index in [1.165, 1.54) is 0 Å². The molecule has 1 N–H and O–H groups in total. The largest absolute Gasteiger partial charge is 0.316 e. The van der Waals surface area contributed by atoms with E-state index in [0.717, 1.165) is 0 Å². The summed E-state index contributed by atoms with van der Waals surface area (Å²) < 4.78 is 25.5. The van der Waals surface area contributed by atoms with Crippen LogP contribution in [0.5, 0.6) is 0 Å². The molecule has 0 saturated carbocycles. The number of hydrogen-bond acceptors (Lipinski definition) is 2. The molecule has 0 aromatic rings. The molecule has 0 aliphatic carbocycles. The SMILES string of the molecule is O=S(=O)(O)S.[Ni]. The van der Waals surface area contributed by atoms with Crippen LogP contribution in [0.4, 0.5) is 0 Å². The zero-order chi connectivity index (χ0) is 4.50. The molecule has 0 rings (SSSR count). The smallest absolute Gasteiger partial charge is 0.277 e. The van der Waals surface area contributed by atoms with Gasteiger partial charge in [-0.1, -0.05) is 0 Å². The predicted molar refractivity (Wildman–Crippen MR) is 20.5 cm³/mol. The van der Waals surface area contributed by atoms with Crippen molar-refractivity contribution in [3.05, 3.63) is 0 Å². The quantitative estimate of drug-likeness (QED) is 0.229. The van der Waals surface area contributed by atoms with Crippen molar-refractivity contribution in [3.63, 3.8) is 0 Å². The molecule has 0 radical (unpaired) electrons. The van der Waals surface area contributed by atoms with Crippen molar-refractivity contribution >= 4 is 20.8 Å². The molecule has 0 fully saturated rings. The van der Waals surface area contributed by atoms with Crippen LogP contribution in [0.15, 0.2) is 0 Å². The second kappa shape index (κ2) is 2.85. The van der Waals surface area contributed by atoms with Crippen molar-refractivity contribution in [3.8, 4) is 0 Å². The van der Waals surface area contributed by atoms with Gasteiger partial charge in [-0.25, -0.2) is 0 Å². The summed E-state index contributed by atoms with van der Waals surface area (Å²) in [5.74, 6) is 0. The fourth-order valence-electron chi connectivity index (χ4n) is 0. The van der Waals surface area contributed by atoms with Crippen LogP contribution in [0, 0.1) is 0 Å². The van der Waals surface area contributed by atoms with E-state index in [1.54, 1.807) is 0 Å². The Morgan fingerprint density at radius 2 is 1.50 bits per heavy atom. The normalized spacial score (nSPS) is 9.67. The number of thiol groups is 1. The maximum absolute atomic E-state index is 9.05. The second-order valence-corrected chi connectivity index (χ2v) is 2.73. The summed E-state index contributed by atoms with van der Waals surface area (Å²) in [4.78, 5) is 0. The van der Waals surface area contributed by atoms with Crippen molar-refractivity contribution < 1.29 is 29.5 Å². The van der Waals surface area contributed by atoms with E-state index in [4.69, 9.17) is 13.0 Å². The molecule has 6 heavy (non-hydrogen) atoms. The maximum Gasteiger partial charge on any atom is 0.316 e. The van der Waals surface area contributed by atoms with E-state index in [-0.39, 0.29) is 16.5 Å². The Balaban J connectivity index is 0. The van der Waals surface area contributed by atoms with E-state index < -0.39 is 9.15 Å². The summed E-state index contributed by atoms with van der Waals surface area (Å²) >= 11 is 2.65. The molecule has 0 heterocycles. The Hall–Kier alpha value is 0.754. The molecular formula is H2NiO3S2. The minimum atomic E-state index is -3.97. The Morgan fingerprint density at radius 1 is 1.50 bits per heavy atom. The zero-order valence-corrected chi connectivity index (χ0v) is 5.13. The van der Waals surface area contributed by atoms with Gasteiger partial charge in [0.1, 0.15) is 0 Å². The van der Waals surface area contributed by atoms with Crippen molar-refractivity contribution in [1.29, 1.82) is 0 Å². The van der Waals surface area contributed by atoms with E-state index in [1.807, 2.05) is 0 Å². The summed E-state index contributed by atoms with van der Waals surface area (Å²) in [6.45, 7) is 0. The third-order valence-corrected chi connectivity index (χ3v) is 0. The Kier molecular flexibility index (Phi) is 4.70. The molecule has 0 aliphatic heterocycles. The topological polar surface area (TPSA) is 54.4 Å². The molecule has 0 atom stereocenters. The first-order valence-corrected chi connectivity index (χ1v) is 3.19. The van der Waals surface area contributed by atoms with Crippen LogP contribution in [0.25, 0.3) is 0 Å². The van der Waals surface area contributed by atoms with Crippen molar-refractivity contribution in [2.75, 3.05) is 0 Å². The first-order valence-electron chi connectivity index (χ1n) is 0.698. The Morgan fingerprint density at radius 3 is 1.50 bits per heavy atom. The van der Waals surface area contributed by atoms with Gasteiger partial charge in [0.25, 0.3) is 0 Å². The Labute approximate surface area is 50.6 Å². The van der Waals surface area contributed by atoms with Crippen LogP contribution in [0.2, 0.25) is 0 Å². The van der Waals surface area contributed by atoms with Crippen molar-refractivity contribution in [2.45, 2.75) is 0 Å². The Bertz CT molecular complexity index is 92.0. The number of rotatable bonds is 0. The van der Waals surface area contributed by atoms with Crippen LogP contribution < -0.4 is 0 Å². The minimum Gasteiger partial charge on any atom is -0.277 e. The fourth-order valence-corrected chi connectivity index (χ4v) is 0. The van der Waals surface area contributed by atoms with Crippen molar-refractivity contribution in [1.82, 2.24) is 0 Å². The third-order valence-electron chi connectivity index (χ3n) is 0. The molecular weight excluding hydrogens is 171 g/mol. The van der Waals surface area contributed by atoms with Crippen LogP contribution in [0.3, 0.4) is 0 Å². The average molecular weight is 173 g/mol. The minimum absolute atomic E-state index is 0. The summed E-state index contributed by atoms with van der Waals surface area (Å²) in [6.07, 6.45) is 0. The van der Waals surface area contributed by atoms with E-state index >= 15 is 0 Å². The van der Waals surface area contributed by atoms with Gasteiger partial charge in [-0.3, -0.25) is 4.55 Å². The first kappa shape index (κ1) is 9.89. The molecule has 0 spiro atoms. The summed E-state index contributed by atoms with van der Waals surface area (Å²) in [7, 11) is -3.97. The van der Waals surface area contributed by atoms with Gasteiger partial charge in [-0.15, -0.1) is 0 Å². The van der Waals surface area contributed by atoms with Gasteiger partial charge in [0.05, 0.1) is 0 Å². The molecule has 6 heteroatoms. The molecule has 0 aromatic carbocycles. The third kappa shape index (κ3) is 118. The molecule has 3 nitrogen and oxygen atoms in total. The van der Waals surface area contributed by atoms with Gasteiger partial charge in [-0.2, -0.15) is 8.42 Å². The monoisotopic (exact) mass is 172 g/mol. The molecule has 0 aliphatic rings. The van der Waals surface area contributed by atoms with Crippen LogP contribution >= 0.6 is 11.7 Å². The van der Waals surface area contributed by atoms with Gasteiger partial charge >= 0.3 is 9.15 Å². The van der Waals surface area contributed by atoms with E-state index in [2.05, 4.69) is 11.7 Å². The standard InChI is InChI=1S/Ni.H2O3S2/c;1-5(2,3)4/h;(H2,1,2,3,4). The van der Waals surface area contributed by atoms with Gasteiger partial charge in [0.15, 0.2) is 0 Å². The van der Waals surface area contributed by atoms with Gasteiger partial charge in [0, 0.05) is 16.5 Å². The fraction of sp³-hybridized carbons (Fsp3) is 0. The molecule has 42 valence electrons. The summed E-state index contributed by atoms with van der Waals surface area (Å²) in [5, 5.41) is 0. The van der Waals surface area contributed by atoms with E-state index in [0.29, 0.717) is 0 Å². The molecule has 0 amide bonds. The molecule has 0 unspecified atom stereocenters. The number of hydrogen-bond donors (Lipinski definition) is 2. The van der Waals surface area contributed by atoms with Crippen LogP contribution in [-0.2, 0) is 25.6 Å². The maximum atomic E-state index is 9.05.